The highest BCUT2D eigenvalue weighted by Gasteiger charge is 2.17. The van der Waals surface area contributed by atoms with Gasteiger partial charge in [0.25, 0.3) is 0 Å². The molecule has 0 aliphatic heterocycles. The van der Waals surface area contributed by atoms with Crippen LogP contribution in [0.3, 0.4) is 0 Å². The lowest BCUT2D eigenvalue weighted by Crippen LogP contribution is -1.90. The fraction of sp³-hybridized carbons (Fsp3) is 0. The van der Waals surface area contributed by atoms with Gasteiger partial charge in [-0.2, -0.15) is 0 Å². The van der Waals surface area contributed by atoms with Crippen molar-refractivity contribution >= 4 is 33.2 Å². The average Bonchev–Trinajstić information content (AvgIpc) is 2.97. The molecular weight excluding hydrogens is 393 g/mol. The van der Waals surface area contributed by atoms with Crippen molar-refractivity contribution in [1.82, 2.24) is 14.4 Å². The van der Waals surface area contributed by atoms with Crippen LogP contribution in [0.2, 0.25) is 5.02 Å². The first kappa shape index (κ1) is 15.3. The Hall–Kier alpha value is -2.24. The zero-order valence-corrected chi connectivity index (χ0v) is 14.6. The fourth-order valence-electron chi connectivity index (χ4n) is 2.67. The van der Waals surface area contributed by atoms with Crippen molar-refractivity contribution in [2.45, 2.75) is 0 Å². The molecule has 4 aromatic rings. The van der Waals surface area contributed by atoms with Crippen LogP contribution in [0.5, 0.6) is 0 Å². The molecular formula is C18H10BrClFN3. The van der Waals surface area contributed by atoms with Gasteiger partial charge in [-0.05, 0) is 58.4 Å². The van der Waals surface area contributed by atoms with Gasteiger partial charge in [-0.3, -0.25) is 4.40 Å². The van der Waals surface area contributed by atoms with Crippen LogP contribution in [0, 0.1) is 5.82 Å². The molecule has 0 aliphatic carbocycles. The molecule has 0 amide bonds. The van der Waals surface area contributed by atoms with Gasteiger partial charge in [0.05, 0.1) is 16.4 Å². The Morgan fingerprint density at radius 1 is 1.04 bits per heavy atom. The summed E-state index contributed by atoms with van der Waals surface area (Å²) in [6.07, 6.45) is 3.67. The number of aromatic nitrogens is 3. The lowest BCUT2D eigenvalue weighted by atomic mass is 10.1. The first-order valence-corrected chi connectivity index (χ1v) is 8.35. The third-order valence-electron chi connectivity index (χ3n) is 3.72. The van der Waals surface area contributed by atoms with E-state index in [2.05, 4.69) is 20.9 Å². The van der Waals surface area contributed by atoms with Crippen molar-refractivity contribution in [2.75, 3.05) is 0 Å². The number of pyridine rings is 2. The normalized spacial score (nSPS) is 11.1. The van der Waals surface area contributed by atoms with E-state index in [9.17, 15) is 4.39 Å². The van der Waals surface area contributed by atoms with Gasteiger partial charge in [0.2, 0.25) is 0 Å². The molecule has 1 aromatic carbocycles. The number of benzene rings is 1. The summed E-state index contributed by atoms with van der Waals surface area (Å²) in [5.41, 5.74) is 4.15. The van der Waals surface area contributed by atoms with Gasteiger partial charge in [0, 0.05) is 23.5 Å². The van der Waals surface area contributed by atoms with Gasteiger partial charge >= 0.3 is 0 Å². The summed E-state index contributed by atoms with van der Waals surface area (Å²) < 4.78 is 16.2. The predicted octanol–water partition coefficient (Wildman–Crippen LogP) is 5.62. The number of rotatable bonds is 2. The Morgan fingerprint density at radius 2 is 1.92 bits per heavy atom. The highest BCUT2D eigenvalue weighted by Crippen LogP contribution is 2.34. The maximum absolute atomic E-state index is 13.5. The molecule has 0 fully saturated rings. The minimum atomic E-state index is -0.447. The van der Waals surface area contributed by atoms with Gasteiger partial charge in [0.15, 0.2) is 0 Å². The molecule has 3 heterocycles. The van der Waals surface area contributed by atoms with Crippen LogP contribution in [-0.4, -0.2) is 14.4 Å². The highest BCUT2D eigenvalue weighted by atomic mass is 79.9. The van der Waals surface area contributed by atoms with Crippen molar-refractivity contribution < 1.29 is 4.39 Å². The minimum absolute atomic E-state index is 0.0754. The smallest absolute Gasteiger partial charge is 0.141 e. The predicted molar refractivity (Wildman–Crippen MR) is 96.5 cm³/mol. The summed E-state index contributed by atoms with van der Waals surface area (Å²) in [5, 5.41) is 0.0754. The maximum Gasteiger partial charge on any atom is 0.141 e. The maximum atomic E-state index is 13.5. The number of hydrogen-bond acceptors (Lipinski definition) is 2. The highest BCUT2D eigenvalue weighted by molar-refractivity contribution is 9.10. The Kier molecular flexibility index (Phi) is 3.82. The zero-order valence-electron chi connectivity index (χ0n) is 12.2. The molecule has 24 heavy (non-hydrogen) atoms. The van der Waals surface area contributed by atoms with E-state index in [-0.39, 0.29) is 5.02 Å². The van der Waals surface area contributed by atoms with Gasteiger partial charge in [-0.25, -0.2) is 14.4 Å². The van der Waals surface area contributed by atoms with Crippen molar-refractivity contribution in [3.63, 3.8) is 0 Å². The molecule has 0 spiro atoms. The molecule has 0 unspecified atom stereocenters. The number of nitrogens with zero attached hydrogens (tertiary/aromatic N) is 3. The second-order valence-electron chi connectivity index (χ2n) is 5.23. The summed E-state index contributed by atoms with van der Waals surface area (Å²) in [6.45, 7) is 0. The van der Waals surface area contributed by atoms with E-state index < -0.39 is 5.82 Å². The minimum Gasteiger partial charge on any atom is -0.299 e. The summed E-state index contributed by atoms with van der Waals surface area (Å²) in [4.78, 5) is 8.88. The molecule has 6 heteroatoms. The Balaban J connectivity index is 2.05. The van der Waals surface area contributed by atoms with Crippen LogP contribution in [0.25, 0.3) is 28.2 Å². The monoisotopic (exact) mass is 401 g/mol. The van der Waals surface area contributed by atoms with Crippen LogP contribution in [0.4, 0.5) is 4.39 Å². The fourth-order valence-corrected chi connectivity index (χ4v) is 3.21. The second kappa shape index (κ2) is 6.00. The first-order chi connectivity index (χ1) is 11.6. The molecule has 0 aliphatic rings. The largest absolute Gasteiger partial charge is 0.299 e. The molecule has 0 radical (unpaired) electrons. The third kappa shape index (κ3) is 2.60. The average molecular weight is 403 g/mol. The molecule has 0 saturated heterocycles. The van der Waals surface area contributed by atoms with Crippen molar-refractivity contribution in [1.29, 1.82) is 0 Å². The van der Waals surface area contributed by atoms with E-state index in [1.807, 2.05) is 40.9 Å². The van der Waals surface area contributed by atoms with Crippen molar-refractivity contribution in [3.8, 4) is 22.5 Å². The van der Waals surface area contributed by atoms with E-state index in [0.717, 1.165) is 32.8 Å². The first-order valence-electron chi connectivity index (χ1n) is 7.18. The number of hydrogen-bond donors (Lipinski definition) is 0. The number of imidazole rings is 1. The molecule has 0 atom stereocenters. The van der Waals surface area contributed by atoms with E-state index in [0.29, 0.717) is 0 Å². The quantitative estimate of drug-likeness (QED) is 0.407. The standard InChI is InChI=1S/C18H10BrClFN3/c19-15-10-12(6-7-22-15)18-17(11-4-5-14(21)13(20)9-11)23-16-3-1-2-8-24(16)18/h1-10H. The topological polar surface area (TPSA) is 30.2 Å². The van der Waals surface area contributed by atoms with Crippen LogP contribution < -0.4 is 0 Å². The Bertz CT molecular complexity index is 1060. The van der Waals surface area contributed by atoms with Gasteiger partial charge in [0.1, 0.15) is 16.1 Å². The lowest BCUT2D eigenvalue weighted by Gasteiger charge is -2.07. The van der Waals surface area contributed by atoms with Gasteiger partial charge in [-0.15, -0.1) is 0 Å². The van der Waals surface area contributed by atoms with E-state index in [4.69, 9.17) is 16.6 Å². The van der Waals surface area contributed by atoms with Crippen molar-refractivity contribution in [3.05, 3.63) is 76.4 Å². The zero-order chi connectivity index (χ0) is 16.7. The van der Waals surface area contributed by atoms with E-state index in [1.165, 1.54) is 6.07 Å². The van der Waals surface area contributed by atoms with Crippen LogP contribution in [-0.2, 0) is 0 Å². The van der Waals surface area contributed by atoms with Crippen LogP contribution in [0.1, 0.15) is 0 Å². The molecule has 4 rings (SSSR count). The van der Waals surface area contributed by atoms with Crippen molar-refractivity contribution in [2.24, 2.45) is 0 Å². The molecule has 3 aromatic heterocycles. The summed E-state index contributed by atoms with van der Waals surface area (Å²) in [5.74, 6) is -0.447. The second-order valence-corrected chi connectivity index (χ2v) is 6.45. The Labute approximate surface area is 150 Å². The van der Waals surface area contributed by atoms with Crippen LogP contribution >= 0.6 is 27.5 Å². The molecule has 118 valence electrons. The van der Waals surface area contributed by atoms with Gasteiger partial charge < -0.3 is 0 Å². The van der Waals surface area contributed by atoms with E-state index >= 15 is 0 Å². The van der Waals surface area contributed by atoms with E-state index in [1.54, 1.807) is 18.3 Å². The molecule has 0 saturated carbocycles. The SMILES string of the molecule is Fc1ccc(-c2nc3ccccn3c2-c2ccnc(Br)c2)cc1Cl. The lowest BCUT2D eigenvalue weighted by molar-refractivity contribution is 0.628. The Morgan fingerprint density at radius 3 is 2.71 bits per heavy atom. The number of halogens is 3. The summed E-state index contributed by atoms with van der Waals surface area (Å²) in [7, 11) is 0. The molecule has 0 N–H and O–H groups in total. The van der Waals surface area contributed by atoms with Crippen LogP contribution in [0.15, 0.2) is 65.5 Å². The molecule has 0 bridgehead atoms. The number of fused-ring (bicyclic) bond motifs is 1. The van der Waals surface area contributed by atoms with Gasteiger partial charge in [-0.1, -0.05) is 17.7 Å². The third-order valence-corrected chi connectivity index (χ3v) is 4.45. The molecule has 3 nitrogen and oxygen atoms in total. The summed E-state index contributed by atoms with van der Waals surface area (Å²) >= 11 is 9.36. The summed E-state index contributed by atoms with van der Waals surface area (Å²) in [6, 6.07) is 14.3.